The van der Waals surface area contributed by atoms with Gasteiger partial charge in [-0.15, -0.1) is 0 Å². The molecule has 0 radical (unpaired) electrons. The van der Waals surface area contributed by atoms with Crippen molar-refractivity contribution >= 4 is 13.0 Å². The maximum atomic E-state index is 12.4. The number of benzene rings is 1. The van der Waals surface area contributed by atoms with Crippen LogP contribution in [0.4, 0.5) is 0 Å². The first-order chi connectivity index (χ1) is 11.3. The zero-order chi connectivity index (χ0) is 17.4. The third-order valence-corrected chi connectivity index (χ3v) is 5.35. The number of nitrogens with zero attached hydrogens (tertiary/aromatic N) is 1. The Balaban J connectivity index is 1.60. The molecule has 0 aromatic heterocycles. The molecule has 2 heterocycles. The van der Waals surface area contributed by atoms with Gasteiger partial charge in [0, 0.05) is 13.1 Å². The molecule has 128 valence electrons. The van der Waals surface area contributed by atoms with Gasteiger partial charge in [0.05, 0.1) is 17.6 Å². The predicted octanol–water partition coefficient (Wildman–Crippen LogP) is 3.02. The third-order valence-electron chi connectivity index (χ3n) is 5.35. The molecule has 0 bridgehead atoms. The molecule has 1 saturated heterocycles. The van der Waals surface area contributed by atoms with Gasteiger partial charge in [0.2, 0.25) is 5.91 Å². The fourth-order valence-corrected chi connectivity index (χ4v) is 3.00. The molecular formula is C19H26BNO3. The van der Waals surface area contributed by atoms with Crippen LogP contribution in [0, 0.1) is 0 Å². The first kappa shape index (κ1) is 17.2. The van der Waals surface area contributed by atoms with Crippen LogP contribution in [0.2, 0.25) is 0 Å². The van der Waals surface area contributed by atoms with Crippen molar-refractivity contribution in [2.45, 2.75) is 51.7 Å². The van der Waals surface area contributed by atoms with E-state index in [-0.39, 0.29) is 24.2 Å². The molecule has 1 aromatic rings. The van der Waals surface area contributed by atoms with E-state index < -0.39 is 0 Å². The lowest BCUT2D eigenvalue weighted by Gasteiger charge is -2.32. The Labute approximate surface area is 145 Å². The Kier molecular flexibility index (Phi) is 4.58. The molecule has 2 aliphatic heterocycles. The molecule has 4 nitrogen and oxygen atoms in total. The molecule has 1 aromatic carbocycles. The molecule has 24 heavy (non-hydrogen) atoms. The lowest BCUT2D eigenvalue weighted by molar-refractivity contribution is -0.130. The maximum absolute atomic E-state index is 12.4. The Morgan fingerprint density at radius 2 is 1.75 bits per heavy atom. The van der Waals surface area contributed by atoms with Crippen LogP contribution in [-0.2, 0) is 20.5 Å². The van der Waals surface area contributed by atoms with Crippen molar-refractivity contribution in [1.82, 2.24) is 4.90 Å². The summed E-state index contributed by atoms with van der Waals surface area (Å²) in [6, 6.07) is 9.89. The van der Waals surface area contributed by atoms with E-state index in [1.54, 1.807) is 0 Å². The molecule has 2 aliphatic rings. The molecule has 0 spiro atoms. The fourth-order valence-electron chi connectivity index (χ4n) is 3.00. The van der Waals surface area contributed by atoms with Gasteiger partial charge in [0.25, 0.3) is 0 Å². The molecule has 3 rings (SSSR count). The van der Waals surface area contributed by atoms with Gasteiger partial charge >= 0.3 is 7.12 Å². The van der Waals surface area contributed by atoms with Crippen molar-refractivity contribution in [3.05, 3.63) is 47.4 Å². The highest BCUT2D eigenvalue weighted by Crippen LogP contribution is 2.39. The van der Waals surface area contributed by atoms with Crippen LogP contribution < -0.4 is 0 Å². The second kappa shape index (κ2) is 6.38. The van der Waals surface area contributed by atoms with Crippen molar-refractivity contribution in [2.75, 3.05) is 13.1 Å². The topological polar surface area (TPSA) is 38.8 Å². The number of rotatable bonds is 3. The van der Waals surface area contributed by atoms with Gasteiger partial charge in [-0.3, -0.25) is 4.79 Å². The van der Waals surface area contributed by atoms with Gasteiger partial charge in [0.1, 0.15) is 0 Å². The predicted molar refractivity (Wildman–Crippen MR) is 95.5 cm³/mol. The average Bonchev–Trinajstić information content (AvgIpc) is 2.76. The molecular weight excluding hydrogens is 301 g/mol. The van der Waals surface area contributed by atoms with Crippen molar-refractivity contribution in [3.63, 3.8) is 0 Å². The van der Waals surface area contributed by atoms with Gasteiger partial charge < -0.3 is 14.2 Å². The zero-order valence-corrected chi connectivity index (χ0v) is 15.0. The van der Waals surface area contributed by atoms with Gasteiger partial charge in [-0.05, 0) is 45.2 Å². The van der Waals surface area contributed by atoms with Crippen LogP contribution in [0.1, 0.15) is 39.7 Å². The summed E-state index contributed by atoms with van der Waals surface area (Å²) in [5.74, 6) is 0.172. The Morgan fingerprint density at radius 3 is 2.29 bits per heavy atom. The lowest BCUT2D eigenvalue weighted by Crippen LogP contribution is -2.41. The lowest BCUT2D eigenvalue weighted by atomic mass is 9.74. The second-order valence-corrected chi connectivity index (χ2v) is 7.62. The van der Waals surface area contributed by atoms with E-state index in [4.69, 9.17) is 9.31 Å². The van der Waals surface area contributed by atoms with E-state index >= 15 is 0 Å². The summed E-state index contributed by atoms with van der Waals surface area (Å²) in [5, 5.41) is 0. The van der Waals surface area contributed by atoms with Crippen LogP contribution >= 0.6 is 0 Å². The quantitative estimate of drug-likeness (QED) is 0.801. The van der Waals surface area contributed by atoms with Gasteiger partial charge in [0.15, 0.2) is 0 Å². The first-order valence-corrected chi connectivity index (χ1v) is 8.65. The van der Waals surface area contributed by atoms with E-state index in [1.807, 2.05) is 35.2 Å². The van der Waals surface area contributed by atoms with Gasteiger partial charge in [-0.2, -0.15) is 0 Å². The van der Waals surface area contributed by atoms with Crippen molar-refractivity contribution < 1.29 is 14.1 Å². The van der Waals surface area contributed by atoms with E-state index in [9.17, 15) is 4.79 Å². The number of amides is 1. The van der Waals surface area contributed by atoms with Crippen LogP contribution in [0.3, 0.4) is 0 Å². The number of carbonyl (C=O) groups is 1. The smallest absolute Gasteiger partial charge is 0.400 e. The Bertz CT molecular complexity index is 623. The largest absolute Gasteiger partial charge is 0.490 e. The minimum atomic E-state index is -0.321. The van der Waals surface area contributed by atoms with E-state index in [0.29, 0.717) is 13.0 Å². The van der Waals surface area contributed by atoms with E-state index in [0.717, 1.165) is 24.0 Å². The highest BCUT2D eigenvalue weighted by atomic mass is 16.7. The normalized spacial score (nSPS) is 22.4. The zero-order valence-electron chi connectivity index (χ0n) is 15.0. The monoisotopic (exact) mass is 327 g/mol. The van der Waals surface area contributed by atoms with Crippen molar-refractivity contribution in [2.24, 2.45) is 0 Å². The molecule has 0 N–H and O–H groups in total. The minimum Gasteiger partial charge on any atom is -0.400 e. The number of carbonyl (C=O) groups excluding carboxylic acids is 1. The maximum Gasteiger partial charge on any atom is 0.490 e. The van der Waals surface area contributed by atoms with Crippen LogP contribution in [-0.4, -0.2) is 42.2 Å². The number of hydrogen-bond donors (Lipinski definition) is 0. The van der Waals surface area contributed by atoms with Crippen molar-refractivity contribution in [3.8, 4) is 0 Å². The van der Waals surface area contributed by atoms with Gasteiger partial charge in [-0.25, -0.2) is 0 Å². The SMILES string of the molecule is CC1(C)OB(C2=CCN(C(=O)Cc3ccccc3)CC2)OC1(C)C. The van der Waals surface area contributed by atoms with Gasteiger partial charge in [-0.1, -0.05) is 36.4 Å². The standard InChI is InChI=1S/C19H26BNO3/c1-18(2)19(3,4)24-20(23-18)16-10-12-21(13-11-16)17(22)14-15-8-6-5-7-9-15/h5-10H,11-14H2,1-4H3. The average molecular weight is 327 g/mol. The molecule has 0 unspecified atom stereocenters. The fraction of sp³-hybridized carbons (Fsp3) is 0.526. The van der Waals surface area contributed by atoms with Crippen LogP contribution in [0.25, 0.3) is 0 Å². The van der Waals surface area contributed by atoms with Crippen molar-refractivity contribution in [1.29, 1.82) is 0 Å². The second-order valence-electron chi connectivity index (χ2n) is 7.62. The third kappa shape index (κ3) is 3.42. The first-order valence-electron chi connectivity index (χ1n) is 8.65. The van der Waals surface area contributed by atoms with Crippen LogP contribution in [0.15, 0.2) is 41.9 Å². The van der Waals surface area contributed by atoms with Crippen LogP contribution in [0.5, 0.6) is 0 Å². The number of hydrogen-bond acceptors (Lipinski definition) is 3. The summed E-state index contributed by atoms with van der Waals surface area (Å²) in [4.78, 5) is 14.3. The highest BCUT2D eigenvalue weighted by molar-refractivity contribution is 6.54. The molecule has 0 atom stereocenters. The van der Waals surface area contributed by atoms with E-state index in [1.165, 1.54) is 0 Å². The molecule has 5 heteroatoms. The molecule has 0 aliphatic carbocycles. The molecule has 0 saturated carbocycles. The summed E-state index contributed by atoms with van der Waals surface area (Å²) in [5.41, 5.74) is 1.57. The Hall–Kier alpha value is -1.59. The highest BCUT2D eigenvalue weighted by Gasteiger charge is 2.52. The molecule has 1 fully saturated rings. The summed E-state index contributed by atoms with van der Waals surface area (Å²) in [6.07, 6.45) is 3.35. The summed E-state index contributed by atoms with van der Waals surface area (Å²) in [7, 11) is -0.290. The Morgan fingerprint density at radius 1 is 1.12 bits per heavy atom. The summed E-state index contributed by atoms with van der Waals surface area (Å²) in [6.45, 7) is 9.60. The minimum absolute atomic E-state index is 0.172. The molecule has 1 amide bonds. The summed E-state index contributed by atoms with van der Waals surface area (Å²) < 4.78 is 12.2. The summed E-state index contributed by atoms with van der Waals surface area (Å²) >= 11 is 0. The van der Waals surface area contributed by atoms with E-state index in [2.05, 4.69) is 33.8 Å².